The molecule has 0 saturated carbocycles. The molecular weight excluding hydrogens is 259 g/mol. The van der Waals surface area contributed by atoms with E-state index in [2.05, 4.69) is 9.97 Å². The van der Waals surface area contributed by atoms with Crippen LogP contribution in [0.4, 0.5) is 0 Å². The maximum atomic E-state index is 6.10. The lowest BCUT2D eigenvalue weighted by Crippen LogP contribution is -1.80. The van der Waals surface area contributed by atoms with Crippen molar-refractivity contribution in [2.45, 2.75) is 0 Å². The van der Waals surface area contributed by atoms with Gasteiger partial charge in [0.05, 0.1) is 15.6 Å². The summed E-state index contributed by atoms with van der Waals surface area (Å²) in [5.74, 6) is 0.422. The molecule has 0 spiro atoms. The number of rotatable bonds is 1. The number of nitrogens with zero attached hydrogens (tertiary/aromatic N) is 2. The van der Waals surface area contributed by atoms with Crippen LogP contribution in [0.15, 0.2) is 40.9 Å². The van der Waals surface area contributed by atoms with Crippen molar-refractivity contribution in [3.63, 3.8) is 0 Å². The quantitative estimate of drug-likeness (QED) is 0.662. The van der Waals surface area contributed by atoms with Gasteiger partial charge in [-0.25, -0.2) is 4.98 Å². The molecule has 1 aromatic carbocycles. The lowest BCUT2D eigenvalue weighted by Gasteiger charge is -2.00. The predicted octanol–water partition coefficient (Wildman–Crippen LogP) is 4.20. The molecule has 3 nitrogen and oxygen atoms in total. The van der Waals surface area contributed by atoms with Crippen molar-refractivity contribution in [2.75, 3.05) is 0 Å². The zero-order chi connectivity index (χ0) is 11.8. The summed E-state index contributed by atoms with van der Waals surface area (Å²) in [6.45, 7) is 0. The number of oxazole rings is 1. The van der Waals surface area contributed by atoms with E-state index in [4.69, 9.17) is 27.6 Å². The van der Waals surface area contributed by atoms with E-state index in [-0.39, 0.29) is 0 Å². The Bertz CT molecular complexity index is 661. The normalized spacial score (nSPS) is 10.9. The minimum Gasteiger partial charge on any atom is -0.434 e. The van der Waals surface area contributed by atoms with Gasteiger partial charge in [0.25, 0.3) is 0 Å². The molecular formula is C12H6Cl2N2O. The van der Waals surface area contributed by atoms with Crippen molar-refractivity contribution in [1.29, 1.82) is 0 Å². The van der Waals surface area contributed by atoms with Crippen molar-refractivity contribution in [3.8, 4) is 11.5 Å². The SMILES string of the molecule is Clc1cccc(-c2nc3ncccc3o2)c1Cl. The number of hydrogen-bond acceptors (Lipinski definition) is 3. The zero-order valence-corrected chi connectivity index (χ0v) is 10.0. The summed E-state index contributed by atoms with van der Waals surface area (Å²) in [5.41, 5.74) is 1.84. The molecule has 0 unspecified atom stereocenters. The van der Waals surface area contributed by atoms with Crippen LogP contribution in [0, 0.1) is 0 Å². The van der Waals surface area contributed by atoms with Gasteiger partial charge >= 0.3 is 0 Å². The fourth-order valence-electron chi connectivity index (χ4n) is 1.55. The highest BCUT2D eigenvalue weighted by atomic mass is 35.5. The van der Waals surface area contributed by atoms with Crippen molar-refractivity contribution < 1.29 is 4.42 Å². The summed E-state index contributed by atoms with van der Waals surface area (Å²) in [4.78, 5) is 8.36. The fraction of sp³-hybridized carbons (Fsp3) is 0. The molecule has 0 saturated heterocycles. The predicted molar refractivity (Wildman–Crippen MR) is 67.3 cm³/mol. The molecule has 0 bridgehead atoms. The summed E-state index contributed by atoms with van der Waals surface area (Å²) in [7, 11) is 0. The fourth-order valence-corrected chi connectivity index (χ4v) is 1.93. The largest absolute Gasteiger partial charge is 0.434 e. The summed E-state index contributed by atoms with van der Waals surface area (Å²) in [5, 5.41) is 0.903. The van der Waals surface area contributed by atoms with Crippen molar-refractivity contribution in [3.05, 3.63) is 46.6 Å². The second kappa shape index (κ2) is 4.02. The van der Waals surface area contributed by atoms with Crippen LogP contribution in [-0.2, 0) is 0 Å². The topological polar surface area (TPSA) is 38.9 Å². The van der Waals surface area contributed by atoms with E-state index in [9.17, 15) is 0 Å². The number of hydrogen-bond donors (Lipinski definition) is 0. The third-order valence-corrected chi connectivity index (χ3v) is 3.17. The average molecular weight is 265 g/mol. The first-order valence-corrected chi connectivity index (χ1v) is 5.67. The molecule has 0 aliphatic carbocycles. The Hall–Kier alpha value is -1.58. The molecule has 0 aliphatic rings. The van der Waals surface area contributed by atoms with Gasteiger partial charge in [-0.15, -0.1) is 0 Å². The van der Waals surface area contributed by atoms with Gasteiger partial charge in [-0.05, 0) is 24.3 Å². The number of aromatic nitrogens is 2. The van der Waals surface area contributed by atoms with Crippen LogP contribution in [0.1, 0.15) is 0 Å². The Balaban J connectivity index is 2.24. The minimum absolute atomic E-state index is 0.422. The Morgan fingerprint density at radius 2 is 1.94 bits per heavy atom. The van der Waals surface area contributed by atoms with E-state index in [0.29, 0.717) is 32.7 Å². The van der Waals surface area contributed by atoms with E-state index < -0.39 is 0 Å². The van der Waals surface area contributed by atoms with Gasteiger partial charge in [-0.2, -0.15) is 4.98 Å². The molecule has 3 rings (SSSR count). The van der Waals surface area contributed by atoms with Crippen LogP contribution in [-0.4, -0.2) is 9.97 Å². The van der Waals surface area contributed by atoms with Crippen LogP contribution in [0.3, 0.4) is 0 Å². The number of benzene rings is 1. The molecule has 3 aromatic rings. The zero-order valence-electron chi connectivity index (χ0n) is 8.52. The summed E-state index contributed by atoms with van der Waals surface area (Å²) in [6, 6.07) is 8.91. The minimum atomic E-state index is 0.422. The second-order valence-electron chi connectivity index (χ2n) is 3.45. The van der Waals surface area contributed by atoms with Crippen LogP contribution < -0.4 is 0 Å². The molecule has 2 aromatic heterocycles. The lowest BCUT2D eigenvalue weighted by atomic mass is 10.2. The standard InChI is InChI=1S/C12H6Cl2N2O/c13-8-4-1-3-7(10(8)14)12-16-11-9(17-12)5-2-6-15-11/h1-6H. The highest BCUT2D eigenvalue weighted by molar-refractivity contribution is 6.43. The number of halogens is 2. The molecule has 5 heteroatoms. The molecule has 0 atom stereocenters. The van der Waals surface area contributed by atoms with Gasteiger partial charge in [-0.3, -0.25) is 0 Å². The highest BCUT2D eigenvalue weighted by Crippen LogP contribution is 2.33. The van der Waals surface area contributed by atoms with Crippen molar-refractivity contribution >= 4 is 34.4 Å². The van der Waals surface area contributed by atoms with Gasteiger partial charge in [-0.1, -0.05) is 29.3 Å². The first-order chi connectivity index (χ1) is 8.25. The summed E-state index contributed by atoms with van der Waals surface area (Å²) < 4.78 is 5.57. The maximum Gasteiger partial charge on any atom is 0.230 e. The number of pyridine rings is 1. The van der Waals surface area contributed by atoms with E-state index in [1.165, 1.54) is 0 Å². The Labute approximate surface area is 107 Å². The molecule has 17 heavy (non-hydrogen) atoms. The summed E-state index contributed by atoms with van der Waals surface area (Å²) >= 11 is 12.0. The van der Waals surface area contributed by atoms with Gasteiger partial charge in [0.2, 0.25) is 5.89 Å². The Morgan fingerprint density at radius 3 is 2.76 bits per heavy atom. The van der Waals surface area contributed by atoms with Gasteiger partial charge in [0.15, 0.2) is 11.2 Å². The summed E-state index contributed by atoms with van der Waals surface area (Å²) in [6.07, 6.45) is 1.66. The van der Waals surface area contributed by atoms with E-state index in [1.54, 1.807) is 36.5 Å². The Morgan fingerprint density at radius 1 is 1.06 bits per heavy atom. The first-order valence-electron chi connectivity index (χ1n) is 4.91. The highest BCUT2D eigenvalue weighted by Gasteiger charge is 2.13. The third kappa shape index (κ3) is 1.77. The van der Waals surface area contributed by atoms with Crippen LogP contribution in [0.2, 0.25) is 10.0 Å². The molecule has 2 heterocycles. The van der Waals surface area contributed by atoms with Crippen LogP contribution >= 0.6 is 23.2 Å². The average Bonchev–Trinajstić information content (AvgIpc) is 2.76. The Kier molecular flexibility index (Phi) is 2.50. The molecule has 0 amide bonds. The van der Waals surface area contributed by atoms with E-state index >= 15 is 0 Å². The van der Waals surface area contributed by atoms with Crippen LogP contribution in [0.25, 0.3) is 22.7 Å². The van der Waals surface area contributed by atoms with Gasteiger partial charge in [0.1, 0.15) is 0 Å². The second-order valence-corrected chi connectivity index (χ2v) is 4.23. The van der Waals surface area contributed by atoms with E-state index in [1.807, 2.05) is 0 Å². The molecule has 84 valence electrons. The van der Waals surface area contributed by atoms with Crippen molar-refractivity contribution in [2.24, 2.45) is 0 Å². The third-order valence-electron chi connectivity index (χ3n) is 2.35. The maximum absolute atomic E-state index is 6.10. The molecule has 0 aliphatic heterocycles. The van der Waals surface area contributed by atoms with Gasteiger partial charge < -0.3 is 4.42 Å². The molecule has 0 fully saturated rings. The lowest BCUT2D eigenvalue weighted by molar-refractivity contribution is 0.619. The van der Waals surface area contributed by atoms with E-state index in [0.717, 1.165) is 0 Å². The van der Waals surface area contributed by atoms with Gasteiger partial charge in [0, 0.05) is 6.20 Å². The smallest absolute Gasteiger partial charge is 0.230 e. The monoisotopic (exact) mass is 264 g/mol. The molecule has 0 N–H and O–H groups in total. The number of fused-ring (bicyclic) bond motifs is 1. The van der Waals surface area contributed by atoms with Crippen LogP contribution in [0.5, 0.6) is 0 Å². The first kappa shape index (κ1) is 10.6. The molecule has 0 radical (unpaired) electrons. The van der Waals surface area contributed by atoms with Crippen molar-refractivity contribution in [1.82, 2.24) is 9.97 Å².